The minimum atomic E-state index is -3.27. The summed E-state index contributed by atoms with van der Waals surface area (Å²) in [6.07, 6.45) is 4.27. The average molecular weight is 363 g/mol. The molecule has 124 valence electrons. The van der Waals surface area contributed by atoms with Crippen molar-refractivity contribution in [1.29, 1.82) is 0 Å². The smallest absolute Gasteiger partial charge is 0.318 e. The molecule has 2 atom stereocenters. The molecule has 0 saturated heterocycles. The monoisotopic (exact) mass is 362 g/mol. The molecule has 0 aliphatic carbocycles. The minimum absolute atomic E-state index is 0.241. The summed E-state index contributed by atoms with van der Waals surface area (Å²) in [5.74, 6) is -1.07. The zero-order valence-electron chi connectivity index (χ0n) is 12.8. The van der Waals surface area contributed by atoms with Crippen LogP contribution in [0.5, 0.6) is 0 Å². The Balaban J connectivity index is 2.06. The Bertz CT molecular complexity index is 884. The van der Waals surface area contributed by atoms with Gasteiger partial charge in [0, 0.05) is 17.2 Å². The molecule has 2 aromatic carbocycles. The second-order valence-electron chi connectivity index (χ2n) is 5.66. The molecule has 0 radical (unpaired) electrons. The Morgan fingerprint density at radius 2 is 1.54 bits per heavy atom. The topological polar surface area (TPSA) is 60.4 Å². The zero-order chi connectivity index (χ0) is 17.3. The number of rotatable bonds is 4. The average Bonchev–Trinajstić information content (AvgIpc) is 2.95. The molecule has 2 unspecified atom stereocenters. The third-order valence-electron chi connectivity index (χ3n) is 4.00. The van der Waals surface area contributed by atoms with Gasteiger partial charge in [-0.2, -0.15) is 0 Å². The number of carbonyl (C=O) groups excluding carboxylic acids is 1. The summed E-state index contributed by atoms with van der Waals surface area (Å²) in [7, 11) is -3.27. The number of benzene rings is 2. The van der Waals surface area contributed by atoms with E-state index in [1.807, 2.05) is 12.1 Å². The second-order valence-corrected chi connectivity index (χ2v) is 8.11. The van der Waals surface area contributed by atoms with E-state index in [-0.39, 0.29) is 16.8 Å². The molecule has 3 rings (SSSR count). The number of sulfone groups is 1. The van der Waals surface area contributed by atoms with Crippen molar-refractivity contribution in [3.63, 3.8) is 0 Å². The molecule has 0 saturated carbocycles. The molecule has 2 aromatic rings. The molecule has 4 nitrogen and oxygen atoms in total. The van der Waals surface area contributed by atoms with Gasteiger partial charge in [0.25, 0.3) is 0 Å². The first-order chi connectivity index (χ1) is 11.4. The molecule has 0 N–H and O–H groups in total. The van der Waals surface area contributed by atoms with Crippen LogP contribution in [0.25, 0.3) is 0 Å². The standard InChI is InChI=1S/C18H15ClO4S/c1-24(21,22)15-8-4-13(5-9-15)17(16-10-11-23-18(16)20)12-2-6-14(19)7-3-12/h2-11,16-17H,1H3. The van der Waals surface area contributed by atoms with Crippen molar-refractivity contribution in [3.8, 4) is 0 Å². The highest BCUT2D eigenvalue weighted by Crippen LogP contribution is 2.36. The van der Waals surface area contributed by atoms with Crippen LogP contribution in [0.3, 0.4) is 0 Å². The third kappa shape index (κ3) is 3.37. The van der Waals surface area contributed by atoms with Gasteiger partial charge in [-0.15, -0.1) is 0 Å². The highest BCUT2D eigenvalue weighted by atomic mass is 35.5. The Kier molecular flexibility index (Phi) is 4.47. The normalized spacial score (nSPS) is 18.4. The van der Waals surface area contributed by atoms with Gasteiger partial charge in [-0.05, 0) is 41.5 Å². The van der Waals surface area contributed by atoms with Crippen LogP contribution in [0.4, 0.5) is 0 Å². The Labute approximate surface area is 145 Å². The second kappa shape index (κ2) is 6.42. The van der Waals surface area contributed by atoms with Gasteiger partial charge >= 0.3 is 5.97 Å². The van der Waals surface area contributed by atoms with Gasteiger partial charge in [0.2, 0.25) is 0 Å². The molecule has 0 fully saturated rings. The maximum atomic E-state index is 12.0. The molecule has 0 amide bonds. The van der Waals surface area contributed by atoms with Crippen LogP contribution in [0, 0.1) is 5.92 Å². The molecule has 1 aliphatic rings. The Hall–Kier alpha value is -2.11. The van der Waals surface area contributed by atoms with Crippen molar-refractivity contribution in [2.45, 2.75) is 10.8 Å². The van der Waals surface area contributed by atoms with Gasteiger partial charge in [-0.1, -0.05) is 35.9 Å². The van der Waals surface area contributed by atoms with Crippen LogP contribution < -0.4 is 0 Å². The molecule has 0 aromatic heterocycles. The fraction of sp³-hybridized carbons (Fsp3) is 0.167. The fourth-order valence-electron chi connectivity index (χ4n) is 2.79. The molecular formula is C18H15ClO4S. The Morgan fingerprint density at radius 3 is 2.00 bits per heavy atom. The minimum Gasteiger partial charge on any atom is -0.434 e. The molecule has 24 heavy (non-hydrogen) atoms. The van der Waals surface area contributed by atoms with E-state index in [4.69, 9.17) is 16.3 Å². The van der Waals surface area contributed by atoms with Crippen molar-refractivity contribution in [1.82, 2.24) is 0 Å². The van der Waals surface area contributed by atoms with E-state index in [0.29, 0.717) is 5.02 Å². The van der Waals surface area contributed by atoms with Gasteiger partial charge in [0.1, 0.15) is 0 Å². The van der Waals surface area contributed by atoms with Crippen LogP contribution in [-0.4, -0.2) is 20.6 Å². The van der Waals surface area contributed by atoms with Gasteiger partial charge in [0.15, 0.2) is 9.84 Å². The molecule has 0 bridgehead atoms. The number of esters is 1. The van der Waals surface area contributed by atoms with Crippen molar-refractivity contribution < 1.29 is 17.9 Å². The van der Waals surface area contributed by atoms with E-state index < -0.39 is 15.8 Å². The quantitative estimate of drug-likeness (QED) is 0.780. The van der Waals surface area contributed by atoms with E-state index in [0.717, 1.165) is 17.4 Å². The summed E-state index contributed by atoms with van der Waals surface area (Å²) in [6.45, 7) is 0. The number of halogens is 1. The van der Waals surface area contributed by atoms with Crippen LogP contribution >= 0.6 is 11.6 Å². The number of carbonyl (C=O) groups is 1. The number of hydrogen-bond donors (Lipinski definition) is 0. The van der Waals surface area contributed by atoms with Crippen LogP contribution in [0.2, 0.25) is 5.02 Å². The number of cyclic esters (lactones) is 1. The van der Waals surface area contributed by atoms with E-state index in [9.17, 15) is 13.2 Å². The molecule has 0 spiro atoms. The van der Waals surface area contributed by atoms with Gasteiger partial charge < -0.3 is 4.74 Å². The lowest BCUT2D eigenvalue weighted by atomic mass is 9.81. The summed E-state index contributed by atoms with van der Waals surface area (Å²) >= 11 is 5.95. The van der Waals surface area contributed by atoms with Crippen molar-refractivity contribution in [2.75, 3.05) is 6.26 Å². The summed E-state index contributed by atoms with van der Waals surface area (Å²) in [4.78, 5) is 12.3. The van der Waals surface area contributed by atoms with E-state index in [1.165, 1.54) is 6.26 Å². The first-order valence-corrected chi connectivity index (χ1v) is 9.56. The number of hydrogen-bond acceptors (Lipinski definition) is 4. The lowest BCUT2D eigenvalue weighted by Crippen LogP contribution is -2.19. The Morgan fingerprint density at radius 1 is 1.00 bits per heavy atom. The van der Waals surface area contributed by atoms with Crippen LogP contribution in [0.15, 0.2) is 65.8 Å². The highest BCUT2D eigenvalue weighted by Gasteiger charge is 2.33. The van der Waals surface area contributed by atoms with Crippen molar-refractivity contribution >= 4 is 27.4 Å². The van der Waals surface area contributed by atoms with E-state index in [2.05, 4.69) is 0 Å². The van der Waals surface area contributed by atoms with Crippen LogP contribution in [0.1, 0.15) is 17.0 Å². The first-order valence-electron chi connectivity index (χ1n) is 7.29. The predicted octanol–water partition coefficient (Wildman–Crippen LogP) is 3.56. The molecule has 1 aliphatic heterocycles. The maximum absolute atomic E-state index is 12.0. The first kappa shape index (κ1) is 16.7. The molecule has 1 heterocycles. The van der Waals surface area contributed by atoms with E-state index in [1.54, 1.807) is 42.5 Å². The maximum Gasteiger partial charge on any atom is 0.318 e. The molecule has 6 heteroatoms. The lowest BCUT2D eigenvalue weighted by Gasteiger charge is -2.21. The van der Waals surface area contributed by atoms with Gasteiger partial charge in [0.05, 0.1) is 17.1 Å². The predicted molar refractivity (Wildman–Crippen MR) is 91.6 cm³/mol. The van der Waals surface area contributed by atoms with E-state index >= 15 is 0 Å². The fourth-order valence-corrected chi connectivity index (χ4v) is 3.55. The SMILES string of the molecule is CS(=O)(=O)c1ccc(C(c2ccc(Cl)cc2)C2C=COC2=O)cc1. The summed E-state index contributed by atoms with van der Waals surface area (Å²) in [5, 5.41) is 0.606. The zero-order valence-corrected chi connectivity index (χ0v) is 14.4. The highest BCUT2D eigenvalue weighted by molar-refractivity contribution is 7.90. The van der Waals surface area contributed by atoms with Gasteiger partial charge in [-0.25, -0.2) is 8.42 Å². The summed E-state index contributed by atoms with van der Waals surface area (Å²) in [5.41, 5.74) is 1.73. The third-order valence-corrected chi connectivity index (χ3v) is 5.38. The largest absolute Gasteiger partial charge is 0.434 e. The lowest BCUT2D eigenvalue weighted by molar-refractivity contribution is -0.139. The summed E-state index contributed by atoms with van der Waals surface area (Å²) in [6, 6.07) is 13.8. The summed E-state index contributed by atoms with van der Waals surface area (Å²) < 4.78 is 28.2. The van der Waals surface area contributed by atoms with Crippen molar-refractivity contribution in [2.24, 2.45) is 5.92 Å². The van der Waals surface area contributed by atoms with Crippen molar-refractivity contribution in [3.05, 3.63) is 77.0 Å². The van der Waals surface area contributed by atoms with Gasteiger partial charge in [-0.3, -0.25) is 4.79 Å². The van der Waals surface area contributed by atoms with Crippen LogP contribution in [-0.2, 0) is 19.4 Å². The molecular weight excluding hydrogens is 348 g/mol. The number of ether oxygens (including phenoxy) is 1.